The van der Waals surface area contributed by atoms with Crippen LogP contribution in [-0.4, -0.2) is 42.5 Å². The molecule has 0 radical (unpaired) electrons. The average Bonchev–Trinajstić information content (AvgIpc) is 3.11. The van der Waals surface area contributed by atoms with Gasteiger partial charge in [0.1, 0.15) is 11.1 Å². The summed E-state index contributed by atoms with van der Waals surface area (Å²) in [5.41, 5.74) is 5.10. The smallest absolute Gasteiger partial charge is 0.290 e. The summed E-state index contributed by atoms with van der Waals surface area (Å²) in [6, 6.07) is 9.08. The Morgan fingerprint density at radius 2 is 2.18 bits per heavy atom. The van der Waals surface area contributed by atoms with E-state index in [-0.39, 0.29) is 18.3 Å². The van der Waals surface area contributed by atoms with E-state index in [9.17, 15) is 9.59 Å². The van der Waals surface area contributed by atoms with Crippen LogP contribution in [0.1, 0.15) is 23.4 Å². The summed E-state index contributed by atoms with van der Waals surface area (Å²) in [7, 11) is 1.49. The molecule has 3 rings (SSSR count). The van der Waals surface area contributed by atoms with E-state index in [1.807, 2.05) is 18.2 Å². The van der Waals surface area contributed by atoms with E-state index in [1.165, 1.54) is 12.0 Å². The monoisotopic (exact) mass is 302 g/mol. The van der Waals surface area contributed by atoms with Crippen LogP contribution in [0.25, 0.3) is 11.0 Å². The quantitative estimate of drug-likeness (QED) is 0.928. The normalized spacial score (nSPS) is 21.4. The van der Waals surface area contributed by atoms with Crippen LogP contribution in [0, 0.1) is 0 Å². The number of furan rings is 1. The number of carbonyl (C=O) groups excluding carboxylic acids is 2. The van der Waals surface area contributed by atoms with Crippen LogP contribution < -0.4 is 5.73 Å². The van der Waals surface area contributed by atoms with Crippen molar-refractivity contribution in [3.05, 3.63) is 36.1 Å². The second-order valence-electron chi connectivity index (χ2n) is 5.54. The zero-order valence-corrected chi connectivity index (χ0v) is 12.4. The van der Waals surface area contributed by atoms with Crippen molar-refractivity contribution in [2.24, 2.45) is 5.73 Å². The molecule has 0 spiro atoms. The first kappa shape index (κ1) is 14.6. The molecule has 6 nitrogen and oxygen atoms in total. The van der Waals surface area contributed by atoms with Gasteiger partial charge in [0.15, 0.2) is 5.76 Å². The van der Waals surface area contributed by atoms with Crippen LogP contribution in [-0.2, 0) is 9.53 Å². The Bertz CT molecular complexity index is 691. The third-order valence-corrected chi connectivity index (χ3v) is 4.21. The number of hydrogen-bond donors (Lipinski definition) is 1. The molecule has 0 saturated carbocycles. The van der Waals surface area contributed by atoms with E-state index in [1.54, 1.807) is 12.1 Å². The lowest BCUT2D eigenvalue weighted by atomic mass is 9.96. The van der Waals surface area contributed by atoms with Crippen LogP contribution in [0.4, 0.5) is 0 Å². The number of hydrogen-bond acceptors (Lipinski definition) is 4. The Kier molecular flexibility index (Phi) is 3.62. The fourth-order valence-corrected chi connectivity index (χ4v) is 3.11. The summed E-state index contributed by atoms with van der Waals surface area (Å²) in [4.78, 5) is 26.2. The molecule has 0 bridgehead atoms. The molecule has 2 N–H and O–H groups in total. The lowest BCUT2D eigenvalue weighted by molar-refractivity contribution is -0.130. The standard InChI is InChI=1S/C16H18N2O4/c1-21-10-16(15(17)20)7-4-8-18(16)14(19)13-9-11-5-2-3-6-12(11)22-13/h2-3,5-6,9H,4,7-8,10H2,1H3,(H2,17,20). The largest absolute Gasteiger partial charge is 0.451 e. The van der Waals surface area contributed by atoms with E-state index in [4.69, 9.17) is 14.9 Å². The maximum Gasteiger partial charge on any atom is 0.290 e. The fraction of sp³-hybridized carbons (Fsp3) is 0.375. The molecule has 1 unspecified atom stereocenters. The minimum absolute atomic E-state index is 0.0916. The number of amides is 2. The van der Waals surface area contributed by atoms with Crippen molar-refractivity contribution in [3.63, 3.8) is 0 Å². The molecule has 1 atom stereocenters. The molecule has 1 fully saturated rings. The van der Waals surface area contributed by atoms with Gasteiger partial charge >= 0.3 is 0 Å². The number of para-hydroxylation sites is 1. The van der Waals surface area contributed by atoms with Gasteiger partial charge in [-0.1, -0.05) is 18.2 Å². The first-order valence-electron chi connectivity index (χ1n) is 7.18. The number of methoxy groups -OCH3 is 1. The molecule has 1 saturated heterocycles. The molecule has 2 amide bonds. The van der Waals surface area contributed by atoms with Crippen LogP contribution >= 0.6 is 0 Å². The van der Waals surface area contributed by atoms with Crippen molar-refractivity contribution in [3.8, 4) is 0 Å². The van der Waals surface area contributed by atoms with Crippen LogP contribution in [0.15, 0.2) is 34.7 Å². The van der Waals surface area contributed by atoms with Gasteiger partial charge in [0, 0.05) is 19.0 Å². The van der Waals surface area contributed by atoms with Gasteiger partial charge in [-0.05, 0) is 25.0 Å². The number of ether oxygens (including phenoxy) is 1. The molecule has 1 aromatic heterocycles. The van der Waals surface area contributed by atoms with Gasteiger partial charge in [0.2, 0.25) is 5.91 Å². The molecule has 22 heavy (non-hydrogen) atoms. The molecule has 1 aromatic carbocycles. The predicted octanol–water partition coefficient (Wildman–Crippen LogP) is 1.54. The summed E-state index contributed by atoms with van der Waals surface area (Å²) in [5.74, 6) is -0.661. The lowest BCUT2D eigenvalue weighted by Gasteiger charge is -2.34. The second-order valence-corrected chi connectivity index (χ2v) is 5.54. The third-order valence-electron chi connectivity index (χ3n) is 4.21. The minimum Gasteiger partial charge on any atom is -0.451 e. The van der Waals surface area contributed by atoms with Crippen molar-refractivity contribution < 1.29 is 18.7 Å². The highest BCUT2D eigenvalue weighted by atomic mass is 16.5. The highest BCUT2D eigenvalue weighted by Crippen LogP contribution is 2.32. The van der Waals surface area contributed by atoms with E-state index < -0.39 is 11.4 Å². The van der Waals surface area contributed by atoms with E-state index in [0.29, 0.717) is 25.0 Å². The molecule has 1 aliphatic rings. The number of carbonyl (C=O) groups is 2. The minimum atomic E-state index is -1.09. The first-order valence-corrected chi connectivity index (χ1v) is 7.18. The van der Waals surface area contributed by atoms with Gasteiger partial charge in [-0.3, -0.25) is 9.59 Å². The fourth-order valence-electron chi connectivity index (χ4n) is 3.11. The molecule has 1 aliphatic heterocycles. The van der Waals surface area contributed by atoms with Crippen molar-refractivity contribution in [1.82, 2.24) is 4.90 Å². The van der Waals surface area contributed by atoms with Gasteiger partial charge in [-0.15, -0.1) is 0 Å². The summed E-state index contributed by atoms with van der Waals surface area (Å²) in [5, 5.41) is 0.849. The Hall–Kier alpha value is -2.34. The highest BCUT2D eigenvalue weighted by molar-refractivity contribution is 6.00. The maximum atomic E-state index is 12.8. The van der Waals surface area contributed by atoms with Crippen molar-refractivity contribution in [2.75, 3.05) is 20.3 Å². The van der Waals surface area contributed by atoms with E-state index in [2.05, 4.69) is 0 Å². The summed E-state index contributed by atoms with van der Waals surface area (Å²) < 4.78 is 10.7. The topological polar surface area (TPSA) is 85.8 Å². The zero-order chi connectivity index (χ0) is 15.7. The van der Waals surface area contributed by atoms with Crippen molar-refractivity contribution in [1.29, 1.82) is 0 Å². The van der Waals surface area contributed by atoms with Crippen molar-refractivity contribution >= 4 is 22.8 Å². The number of nitrogens with two attached hydrogens (primary N) is 1. The van der Waals surface area contributed by atoms with Crippen LogP contribution in [0.3, 0.4) is 0 Å². The first-order chi connectivity index (χ1) is 10.6. The van der Waals surface area contributed by atoms with Crippen molar-refractivity contribution in [2.45, 2.75) is 18.4 Å². The van der Waals surface area contributed by atoms with E-state index in [0.717, 1.165) is 5.39 Å². The van der Waals surface area contributed by atoms with Gasteiger partial charge in [-0.25, -0.2) is 0 Å². The predicted molar refractivity (Wildman–Crippen MR) is 80.3 cm³/mol. The number of likely N-dealkylation sites (tertiary alicyclic amines) is 1. The Morgan fingerprint density at radius 1 is 1.41 bits per heavy atom. The third kappa shape index (κ3) is 2.16. The summed E-state index contributed by atoms with van der Waals surface area (Å²) in [6.45, 7) is 0.552. The number of rotatable bonds is 4. The Morgan fingerprint density at radius 3 is 2.86 bits per heavy atom. The molecule has 6 heteroatoms. The SMILES string of the molecule is COCC1(C(N)=O)CCCN1C(=O)c1cc2ccccc2o1. The molecule has 2 heterocycles. The van der Waals surface area contributed by atoms with Gasteiger partial charge in [-0.2, -0.15) is 0 Å². The molecular formula is C16H18N2O4. The number of benzene rings is 1. The van der Waals surface area contributed by atoms with Gasteiger partial charge in [0.05, 0.1) is 6.61 Å². The average molecular weight is 302 g/mol. The summed E-state index contributed by atoms with van der Waals surface area (Å²) in [6.07, 6.45) is 1.21. The number of fused-ring (bicyclic) bond motifs is 1. The van der Waals surface area contributed by atoms with Gasteiger partial charge < -0.3 is 19.8 Å². The molecule has 2 aromatic rings. The second kappa shape index (κ2) is 5.46. The van der Waals surface area contributed by atoms with Crippen LogP contribution in [0.2, 0.25) is 0 Å². The zero-order valence-electron chi connectivity index (χ0n) is 12.4. The Balaban J connectivity index is 1.97. The summed E-state index contributed by atoms with van der Waals surface area (Å²) >= 11 is 0. The highest BCUT2D eigenvalue weighted by Gasteiger charge is 2.49. The van der Waals surface area contributed by atoms with E-state index >= 15 is 0 Å². The van der Waals surface area contributed by atoms with Gasteiger partial charge in [0.25, 0.3) is 5.91 Å². The molecule has 0 aliphatic carbocycles. The molecular weight excluding hydrogens is 284 g/mol. The van der Waals surface area contributed by atoms with Crippen LogP contribution in [0.5, 0.6) is 0 Å². The molecule has 116 valence electrons. The Labute approximate surface area is 127 Å². The maximum absolute atomic E-state index is 12.8. The lowest BCUT2D eigenvalue weighted by Crippen LogP contribution is -2.58. The number of nitrogens with zero attached hydrogens (tertiary/aromatic N) is 1. The number of primary amides is 1.